The summed E-state index contributed by atoms with van der Waals surface area (Å²) in [7, 11) is 1.72. The van der Waals surface area contributed by atoms with Crippen molar-refractivity contribution in [1.29, 1.82) is 0 Å². The summed E-state index contributed by atoms with van der Waals surface area (Å²) in [5.74, 6) is 3.04. The molecule has 1 aromatic carbocycles. The molecule has 1 aromatic rings. The summed E-state index contributed by atoms with van der Waals surface area (Å²) in [5, 5.41) is 0. The first-order chi connectivity index (χ1) is 9.60. The molecule has 0 radical (unpaired) electrons. The highest BCUT2D eigenvalue weighted by Gasteiger charge is 2.18. The van der Waals surface area contributed by atoms with Gasteiger partial charge in [0, 0.05) is 0 Å². The maximum Gasteiger partial charge on any atom is 0.118 e. The second kappa shape index (κ2) is 6.97. The maximum absolute atomic E-state index is 5.23. The quantitative estimate of drug-likeness (QED) is 0.637. The molecule has 0 heterocycles. The van der Waals surface area contributed by atoms with Crippen LogP contribution in [-0.4, -0.2) is 7.11 Å². The van der Waals surface area contributed by atoms with Crippen molar-refractivity contribution in [2.75, 3.05) is 7.11 Å². The third-order valence-corrected chi connectivity index (χ3v) is 4.57. The van der Waals surface area contributed by atoms with Crippen LogP contribution in [0.5, 0.6) is 5.75 Å². The second-order valence-electron chi connectivity index (χ2n) is 6.46. The average Bonchev–Trinajstić information content (AvgIpc) is 2.47. The van der Waals surface area contributed by atoms with E-state index in [1.165, 1.54) is 31.2 Å². The molecular formula is C19H28O. The highest BCUT2D eigenvalue weighted by atomic mass is 16.5. The molecule has 0 unspecified atom stereocenters. The Morgan fingerprint density at radius 3 is 2.45 bits per heavy atom. The molecule has 0 N–H and O–H groups in total. The van der Waals surface area contributed by atoms with Crippen molar-refractivity contribution >= 4 is 0 Å². The fourth-order valence-electron chi connectivity index (χ4n) is 3.23. The van der Waals surface area contributed by atoms with E-state index in [4.69, 9.17) is 4.74 Å². The van der Waals surface area contributed by atoms with Gasteiger partial charge in [-0.1, -0.05) is 44.6 Å². The lowest BCUT2D eigenvalue weighted by Gasteiger charge is -2.25. The van der Waals surface area contributed by atoms with Gasteiger partial charge < -0.3 is 4.74 Å². The molecule has 0 aromatic heterocycles. The van der Waals surface area contributed by atoms with Gasteiger partial charge >= 0.3 is 0 Å². The molecule has 20 heavy (non-hydrogen) atoms. The maximum atomic E-state index is 5.23. The van der Waals surface area contributed by atoms with E-state index in [0.717, 1.165) is 11.7 Å². The summed E-state index contributed by atoms with van der Waals surface area (Å²) >= 11 is 0. The van der Waals surface area contributed by atoms with Gasteiger partial charge in [0.15, 0.2) is 0 Å². The van der Waals surface area contributed by atoms with Crippen LogP contribution in [0.4, 0.5) is 0 Å². The zero-order chi connectivity index (χ0) is 14.5. The van der Waals surface area contributed by atoms with Crippen LogP contribution in [0.2, 0.25) is 0 Å². The van der Waals surface area contributed by atoms with E-state index in [9.17, 15) is 0 Å². The van der Waals surface area contributed by atoms with Crippen molar-refractivity contribution < 1.29 is 4.74 Å². The van der Waals surface area contributed by atoms with Crippen molar-refractivity contribution in [3.8, 4) is 5.75 Å². The van der Waals surface area contributed by atoms with Gasteiger partial charge in [0.25, 0.3) is 0 Å². The third-order valence-electron chi connectivity index (χ3n) is 4.57. The molecule has 0 fully saturated rings. The van der Waals surface area contributed by atoms with Crippen molar-refractivity contribution in [3.05, 3.63) is 41.5 Å². The van der Waals surface area contributed by atoms with Crippen LogP contribution in [0.15, 0.2) is 35.9 Å². The van der Waals surface area contributed by atoms with Crippen molar-refractivity contribution in [2.45, 2.75) is 52.4 Å². The predicted molar refractivity (Wildman–Crippen MR) is 86.3 cm³/mol. The normalized spacial score (nSPS) is 20.6. The second-order valence-corrected chi connectivity index (χ2v) is 6.46. The number of benzene rings is 1. The van der Waals surface area contributed by atoms with Crippen LogP contribution < -0.4 is 4.74 Å². The van der Waals surface area contributed by atoms with Crippen LogP contribution in [0.3, 0.4) is 0 Å². The summed E-state index contributed by atoms with van der Waals surface area (Å²) in [5.41, 5.74) is 3.10. The molecule has 1 nitrogen and oxygen atoms in total. The van der Waals surface area contributed by atoms with Crippen molar-refractivity contribution in [2.24, 2.45) is 11.8 Å². The third kappa shape index (κ3) is 3.88. The number of rotatable bonds is 5. The van der Waals surface area contributed by atoms with Gasteiger partial charge in [0.2, 0.25) is 0 Å². The number of ether oxygens (including phenoxy) is 1. The minimum absolute atomic E-state index is 0.619. The zero-order valence-corrected chi connectivity index (χ0v) is 13.4. The lowest BCUT2D eigenvalue weighted by atomic mass is 9.80. The Bertz CT molecular complexity index is 441. The Balaban J connectivity index is 1.99. The van der Waals surface area contributed by atoms with Crippen LogP contribution in [0.1, 0.15) is 57.9 Å². The first kappa shape index (κ1) is 15.2. The predicted octanol–water partition coefficient (Wildman–Crippen LogP) is 5.57. The summed E-state index contributed by atoms with van der Waals surface area (Å²) in [6, 6.07) is 8.56. The van der Waals surface area contributed by atoms with Crippen molar-refractivity contribution in [1.82, 2.24) is 0 Å². The molecule has 2 rings (SSSR count). The van der Waals surface area contributed by atoms with Gasteiger partial charge in [-0.05, 0) is 61.1 Å². The fraction of sp³-hybridized carbons (Fsp3) is 0.579. The monoisotopic (exact) mass is 272 g/mol. The average molecular weight is 272 g/mol. The topological polar surface area (TPSA) is 9.23 Å². The van der Waals surface area contributed by atoms with E-state index in [2.05, 4.69) is 51.1 Å². The van der Waals surface area contributed by atoms with Gasteiger partial charge in [0.05, 0.1) is 7.11 Å². The Kier molecular flexibility index (Phi) is 5.28. The molecule has 1 aliphatic rings. The first-order valence-electron chi connectivity index (χ1n) is 7.94. The summed E-state index contributed by atoms with van der Waals surface area (Å²) in [6.07, 6.45) is 7.86. The molecule has 1 heteroatoms. The van der Waals surface area contributed by atoms with Crippen LogP contribution in [0.25, 0.3) is 0 Å². The first-order valence-corrected chi connectivity index (χ1v) is 7.94. The molecular weight excluding hydrogens is 244 g/mol. The standard InChI is InChI=1S/C19H28O/c1-14(2)18-7-5-6-16(13-18)12-15(3)17-8-10-19(20-4)11-9-17/h8-11,13-16H,5-7,12H2,1-4H3/t15-,16+/m1/s1. The van der Waals surface area contributed by atoms with Gasteiger partial charge in [-0.15, -0.1) is 0 Å². The Morgan fingerprint density at radius 2 is 1.85 bits per heavy atom. The Morgan fingerprint density at radius 1 is 1.15 bits per heavy atom. The smallest absolute Gasteiger partial charge is 0.118 e. The van der Waals surface area contributed by atoms with Crippen LogP contribution in [0, 0.1) is 11.8 Å². The van der Waals surface area contributed by atoms with Crippen LogP contribution in [-0.2, 0) is 0 Å². The number of allylic oxidation sites excluding steroid dienone is 2. The number of hydrogen-bond acceptors (Lipinski definition) is 1. The van der Waals surface area contributed by atoms with E-state index in [1.54, 1.807) is 12.7 Å². The largest absolute Gasteiger partial charge is 0.497 e. The molecule has 0 saturated heterocycles. The van der Waals surface area contributed by atoms with Crippen molar-refractivity contribution in [3.63, 3.8) is 0 Å². The molecule has 0 spiro atoms. The van der Waals surface area contributed by atoms with E-state index in [0.29, 0.717) is 11.8 Å². The number of methoxy groups -OCH3 is 1. The summed E-state index contributed by atoms with van der Waals surface area (Å²) in [4.78, 5) is 0. The Hall–Kier alpha value is -1.24. The van der Waals surface area contributed by atoms with Crippen LogP contribution >= 0.6 is 0 Å². The zero-order valence-electron chi connectivity index (χ0n) is 13.4. The molecule has 0 aliphatic heterocycles. The van der Waals surface area contributed by atoms with Gasteiger partial charge in [-0.2, -0.15) is 0 Å². The van der Waals surface area contributed by atoms with Gasteiger partial charge in [-0.3, -0.25) is 0 Å². The fourth-order valence-corrected chi connectivity index (χ4v) is 3.23. The van der Waals surface area contributed by atoms with E-state index in [1.807, 2.05) is 0 Å². The van der Waals surface area contributed by atoms with E-state index >= 15 is 0 Å². The SMILES string of the molecule is COc1ccc([C@H](C)C[C@H]2C=C(C(C)C)CCC2)cc1. The van der Waals surface area contributed by atoms with Gasteiger partial charge in [-0.25, -0.2) is 0 Å². The highest BCUT2D eigenvalue weighted by molar-refractivity contribution is 5.29. The summed E-state index contributed by atoms with van der Waals surface area (Å²) in [6.45, 7) is 6.99. The molecule has 1 aliphatic carbocycles. The Labute approximate surface area is 124 Å². The minimum Gasteiger partial charge on any atom is -0.497 e. The molecule has 0 bridgehead atoms. The summed E-state index contributed by atoms with van der Waals surface area (Å²) < 4.78 is 5.23. The lowest BCUT2D eigenvalue weighted by molar-refractivity contribution is 0.414. The minimum atomic E-state index is 0.619. The molecule has 110 valence electrons. The van der Waals surface area contributed by atoms with Gasteiger partial charge in [0.1, 0.15) is 5.75 Å². The molecule has 0 saturated carbocycles. The number of hydrogen-bond donors (Lipinski definition) is 0. The van der Waals surface area contributed by atoms with E-state index < -0.39 is 0 Å². The highest BCUT2D eigenvalue weighted by Crippen LogP contribution is 2.34. The van der Waals surface area contributed by atoms with E-state index in [-0.39, 0.29) is 0 Å². The lowest BCUT2D eigenvalue weighted by Crippen LogP contribution is -2.10. The molecule has 2 atom stereocenters. The molecule has 0 amide bonds.